The Labute approximate surface area is 117 Å². The van der Waals surface area contributed by atoms with Gasteiger partial charge in [-0.2, -0.15) is 0 Å². The van der Waals surface area contributed by atoms with Crippen LogP contribution in [0.4, 0.5) is 0 Å². The van der Waals surface area contributed by atoms with Crippen LogP contribution in [0, 0.1) is 12.8 Å². The summed E-state index contributed by atoms with van der Waals surface area (Å²) in [6.45, 7) is 12.8. The van der Waals surface area contributed by atoms with Crippen molar-refractivity contribution >= 4 is 0 Å². The molecule has 1 heterocycles. The molecule has 1 aliphatic rings. The number of rotatable bonds is 8. The van der Waals surface area contributed by atoms with Gasteiger partial charge in [0, 0.05) is 24.7 Å². The maximum atomic E-state index is 5.92. The lowest BCUT2D eigenvalue weighted by atomic mass is 10.2. The number of hydrogen-bond donors (Lipinski definition) is 1. The second-order valence-corrected chi connectivity index (χ2v) is 6.13. The second-order valence-electron chi connectivity index (χ2n) is 6.13. The van der Waals surface area contributed by atoms with E-state index in [-0.39, 0.29) is 0 Å². The Morgan fingerprint density at radius 2 is 2.16 bits per heavy atom. The summed E-state index contributed by atoms with van der Waals surface area (Å²) in [6.07, 6.45) is 2.72. The smallest absolute Gasteiger partial charge is 0.118 e. The molecule has 0 saturated heterocycles. The lowest BCUT2D eigenvalue weighted by molar-refractivity contribution is 0.208. The number of aryl methyl sites for hydroxylation is 1. The molecule has 3 nitrogen and oxygen atoms in total. The molecule has 1 aromatic rings. The van der Waals surface area contributed by atoms with Gasteiger partial charge in [-0.1, -0.05) is 20.8 Å². The Kier molecular flexibility index (Phi) is 5.06. The fourth-order valence-corrected chi connectivity index (χ4v) is 2.55. The molecule has 108 valence electrons. The zero-order valence-corrected chi connectivity index (χ0v) is 12.8. The average molecular weight is 264 g/mol. The van der Waals surface area contributed by atoms with Gasteiger partial charge < -0.3 is 9.73 Å². The third kappa shape index (κ3) is 4.36. The van der Waals surface area contributed by atoms with E-state index in [1.165, 1.54) is 24.9 Å². The van der Waals surface area contributed by atoms with Crippen LogP contribution in [0.3, 0.4) is 0 Å². The first-order chi connectivity index (χ1) is 9.10. The molecule has 1 fully saturated rings. The number of furan rings is 1. The van der Waals surface area contributed by atoms with Gasteiger partial charge in [0.2, 0.25) is 0 Å². The first kappa shape index (κ1) is 14.6. The number of nitrogens with zero attached hydrogens (tertiary/aromatic N) is 1. The third-order valence-electron chi connectivity index (χ3n) is 3.66. The predicted molar refractivity (Wildman–Crippen MR) is 79.1 cm³/mol. The van der Waals surface area contributed by atoms with E-state index in [0.717, 1.165) is 43.1 Å². The van der Waals surface area contributed by atoms with Crippen LogP contribution in [0.15, 0.2) is 10.5 Å². The molecule has 0 spiro atoms. The fourth-order valence-electron chi connectivity index (χ4n) is 2.55. The van der Waals surface area contributed by atoms with Crippen LogP contribution in [0.2, 0.25) is 0 Å². The summed E-state index contributed by atoms with van der Waals surface area (Å²) in [6, 6.07) is 3.03. The standard InChI is InChI=1S/C16H28N2O/c1-5-17-9-14-8-16(19-13(14)4)11-18(10-12(2)3)15-6-7-15/h8,12,15,17H,5-7,9-11H2,1-4H3. The average Bonchev–Trinajstić information content (AvgIpc) is 3.12. The van der Waals surface area contributed by atoms with E-state index in [2.05, 4.69) is 44.0 Å². The van der Waals surface area contributed by atoms with E-state index in [9.17, 15) is 0 Å². The van der Waals surface area contributed by atoms with Crippen molar-refractivity contribution in [2.75, 3.05) is 13.1 Å². The van der Waals surface area contributed by atoms with Crippen LogP contribution in [-0.2, 0) is 13.1 Å². The molecule has 1 saturated carbocycles. The van der Waals surface area contributed by atoms with Gasteiger partial charge in [-0.15, -0.1) is 0 Å². The summed E-state index contributed by atoms with van der Waals surface area (Å²) in [5, 5.41) is 3.37. The van der Waals surface area contributed by atoms with Crippen LogP contribution in [0.5, 0.6) is 0 Å². The summed E-state index contributed by atoms with van der Waals surface area (Å²) in [4.78, 5) is 2.58. The largest absolute Gasteiger partial charge is 0.465 e. The maximum Gasteiger partial charge on any atom is 0.118 e. The minimum atomic E-state index is 0.720. The second kappa shape index (κ2) is 6.58. The van der Waals surface area contributed by atoms with E-state index in [4.69, 9.17) is 4.42 Å². The molecule has 0 amide bonds. The number of hydrogen-bond acceptors (Lipinski definition) is 3. The fraction of sp³-hybridized carbons (Fsp3) is 0.750. The quantitative estimate of drug-likeness (QED) is 0.781. The van der Waals surface area contributed by atoms with Crippen molar-refractivity contribution in [3.63, 3.8) is 0 Å². The van der Waals surface area contributed by atoms with Crippen LogP contribution in [0.25, 0.3) is 0 Å². The zero-order chi connectivity index (χ0) is 13.8. The highest BCUT2D eigenvalue weighted by molar-refractivity contribution is 5.20. The lowest BCUT2D eigenvalue weighted by Gasteiger charge is -2.22. The first-order valence-electron chi connectivity index (χ1n) is 7.63. The predicted octanol–water partition coefficient (Wildman–Crippen LogP) is 3.32. The molecule has 19 heavy (non-hydrogen) atoms. The van der Waals surface area contributed by atoms with Crippen molar-refractivity contribution in [1.29, 1.82) is 0 Å². The van der Waals surface area contributed by atoms with Gasteiger partial charge >= 0.3 is 0 Å². The molecular weight excluding hydrogens is 236 g/mol. The normalized spacial score (nSPS) is 15.7. The Bertz CT molecular complexity index is 393. The molecule has 1 aliphatic carbocycles. The molecule has 0 atom stereocenters. The minimum absolute atomic E-state index is 0.720. The van der Waals surface area contributed by atoms with Crippen LogP contribution < -0.4 is 5.32 Å². The molecule has 2 rings (SSSR count). The molecule has 0 aliphatic heterocycles. The molecule has 0 bridgehead atoms. The monoisotopic (exact) mass is 264 g/mol. The summed E-state index contributed by atoms with van der Waals surface area (Å²) in [5.41, 5.74) is 1.30. The molecule has 3 heteroatoms. The Morgan fingerprint density at radius 3 is 2.74 bits per heavy atom. The van der Waals surface area contributed by atoms with E-state index in [1.807, 2.05) is 0 Å². The lowest BCUT2D eigenvalue weighted by Crippen LogP contribution is -2.29. The molecule has 0 unspecified atom stereocenters. The van der Waals surface area contributed by atoms with Gasteiger partial charge in [0.25, 0.3) is 0 Å². The van der Waals surface area contributed by atoms with E-state index in [0.29, 0.717) is 0 Å². The summed E-state index contributed by atoms with van der Waals surface area (Å²) in [7, 11) is 0. The molecular formula is C16H28N2O. The van der Waals surface area contributed by atoms with Gasteiger partial charge in [0.15, 0.2) is 0 Å². The number of nitrogens with one attached hydrogen (secondary N) is 1. The first-order valence-corrected chi connectivity index (χ1v) is 7.63. The van der Waals surface area contributed by atoms with Crippen molar-refractivity contribution in [3.05, 3.63) is 23.2 Å². The van der Waals surface area contributed by atoms with Gasteiger partial charge in [-0.25, -0.2) is 0 Å². The van der Waals surface area contributed by atoms with Crippen LogP contribution >= 0.6 is 0 Å². The molecule has 0 aromatic carbocycles. The van der Waals surface area contributed by atoms with E-state index >= 15 is 0 Å². The molecule has 0 radical (unpaired) electrons. The van der Waals surface area contributed by atoms with Crippen molar-refractivity contribution in [2.45, 2.75) is 59.7 Å². The van der Waals surface area contributed by atoms with Crippen molar-refractivity contribution in [3.8, 4) is 0 Å². The Balaban J connectivity index is 1.96. The molecule has 1 N–H and O–H groups in total. The van der Waals surface area contributed by atoms with Gasteiger partial charge in [0.05, 0.1) is 6.54 Å². The SMILES string of the molecule is CCNCc1cc(CN(CC(C)C)C2CC2)oc1C. The third-order valence-corrected chi connectivity index (χ3v) is 3.66. The van der Waals surface area contributed by atoms with Gasteiger partial charge in [-0.05, 0) is 38.3 Å². The van der Waals surface area contributed by atoms with Crippen molar-refractivity contribution in [1.82, 2.24) is 10.2 Å². The van der Waals surface area contributed by atoms with Gasteiger partial charge in [-0.3, -0.25) is 4.90 Å². The highest BCUT2D eigenvalue weighted by atomic mass is 16.3. The van der Waals surface area contributed by atoms with Crippen molar-refractivity contribution in [2.24, 2.45) is 5.92 Å². The topological polar surface area (TPSA) is 28.4 Å². The van der Waals surface area contributed by atoms with Crippen LogP contribution in [-0.4, -0.2) is 24.0 Å². The highest BCUT2D eigenvalue weighted by Crippen LogP contribution is 2.29. The molecule has 1 aromatic heterocycles. The summed E-state index contributed by atoms with van der Waals surface area (Å²) < 4.78 is 5.92. The maximum absolute atomic E-state index is 5.92. The van der Waals surface area contributed by atoms with Crippen molar-refractivity contribution < 1.29 is 4.42 Å². The van der Waals surface area contributed by atoms with Crippen LogP contribution in [0.1, 0.15) is 50.7 Å². The highest BCUT2D eigenvalue weighted by Gasteiger charge is 2.30. The Hall–Kier alpha value is -0.800. The Morgan fingerprint density at radius 1 is 1.42 bits per heavy atom. The van der Waals surface area contributed by atoms with Gasteiger partial charge in [0.1, 0.15) is 11.5 Å². The van der Waals surface area contributed by atoms with E-state index in [1.54, 1.807) is 0 Å². The zero-order valence-electron chi connectivity index (χ0n) is 12.8. The minimum Gasteiger partial charge on any atom is -0.465 e. The van der Waals surface area contributed by atoms with E-state index < -0.39 is 0 Å². The summed E-state index contributed by atoms with van der Waals surface area (Å²) >= 11 is 0. The summed E-state index contributed by atoms with van der Waals surface area (Å²) in [5.74, 6) is 2.91.